The molecule has 0 aliphatic carbocycles. The first kappa shape index (κ1) is 17.2. The van der Waals surface area contributed by atoms with Crippen LogP contribution in [-0.2, 0) is 9.59 Å². The Morgan fingerprint density at radius 3 is 2.69 bits per heavy atom. The van der Waals surface area contributed by atoms with Crippen LogP contribution >= 0.6 is 11.3 Å². The predicted molar refractivity (Wildman–Crippen MR) is 105 cm³/mol. The Morgan fingerprint density at radius 1 is 1.14 bits per heavy atom. The van der Waals surface area contributed by atoms with Crippen LogP contribution in [-0.4, -0.2) is 43.1 Å². The average molecular weight is 405 g/mol. The van der Waals surface area contributed by atoms with Crippen molar-refractivity contribution in [3.63, 3.8) is 0 Å². The van der Waals surface area contributed by atoms with Gasteiger partial charge in [0.05, 0.1) is 11.3 Å². The number of pyridine rings is 1. The lowest BCUT2D eigenvalue weighted by atomic mass is 10.1. The lowest BCUT2D eigenvalue weighted by Crippen LogP contribution is -2.35. The largest absolute Gasteiger partial charge is 0.480 e. The number of nitrogens with zero attached hydrogens (tertiary/aromatic N) is 5. The van der Waals surface area contributed by atoms with Crippen molar-refractivity contribution in [1.29, 1.82) is 0 Å². The van der Waals surface area contributed by atoms with Gasteiger partial charge < -0.3 is 5.11 Å². The maximum absolute atomic E-state index is 13.0. The van der Waals surface area contributed by atoms with E-state index in [-0.39, 0.29) is 10.1 Å². The Hall–Kier alpha value is -3.92. The first-order valence-electron chi connectivity index (χ1n) is 8.52. The van der Waals surface area contributed by atoms with E-state index >= 15 is 0 Å². The van der Waals surface area contributed by atoms with Gasteiger partial charge in [0.2, 0.25) is 4.96 Å². The molecule has 0 spiro atoms. The number of benzene rings is 1. The highest BCUT2D eigenvalue weighted by Crippen LogP contribution is 2.34. The van der Waals surface area contributed by atoms with Crippen LogP contribution in [0.3, 0.4) is 0 Å². The zero-order valence-corrected chi connectivity index (χ0v) is 15.5. The Kier molecular flexibility index (Phi) is 3.74. The molecule has 4 aromatic rings. The fourth-order valence-corrected chi connectivity index (χ4v) is 4.29. The molecule has 10 heteroatoms. The minimum Gasteiger partial charge on any atom is -0.480 e. The molecule has 5 rings (SSSR count). The lowest BCUT2D eigenvalue weighted by Gasteiger charge is -2.13. The highest BCUT2D eigenvalue weighted by molar-refractivity contribution is 7.15. The fourth-order valence-electron chi connectivity index (χ4n) is 3.29. The van der Waals surface area contributed by atoms with Gasteiger partial charge in [0.15, 0.2) is 5.82 Å². The summed E-state index contributed by atoms with van der Waals surface area (Å²) >= 11 is 1.05. The summed E-state index contributed by atoms with van der Waals surface area (Å²) in [5, 5.41) is 13.4. The Morgan fingerprint density at radius 2 is 1.97 bits per heavy atom. The summed E-state index contributed by atoms with van der Waals surface area (Å²) in [7, 11) is 0. The van der Waals surface area contributed by atoms with E-state index in [2.05, 4.69) is 15.1 Å². The smallest absolute Gasteiger partial charge is 0.323 e. The highest BCUT2D eigenvalue weighted by atomic mass is 32.1. The molecular formula is C19H11N5O4S. The van der Waals surface area contributed by atoms with Crippen LogP contribution in [0, 0.1) is 0 Å². The molecule has 0 fully saturated rings. The molecule has 1 aliphatic heterocycles. The number of carbonyl (C=O) groups is 2. The summed E-state index contributed by atoms with van der Waals surface area (Å²) in [6.45, 7) is -0.487. The Bertz CT molecular complexity index is 1410. The molecule has 142 valence electrons. The van der Waals surface area contributed by atoms with Gasteiger partial charge >= 0.3 is 5.97 Å². The van der Waals surface area contributed by atoms with Crippen molar-refractivity contribution < 1.29 is 14.7 Å². The van der Waals surface area contributed by atoms with Crippen molar-refractivity contribution in [2.24, 2.45) is 0 Å². The van der Waals surface area contributed by atoms with E-state index in [4.69, 9.17) is 5.11 Å². The van der Waals surface area contributed by atoms with Crippen molar-refractivity contribution in [3.8, 4) is 11.4 Å². The average Bonchev–Trinajstić information content (AvgIpc) is 3.35. The number of hydrogen-bond donors (Lipinski definition) is 1. The number of carbonyl (C=O) groups excluding carboxylic acids is 1. The minimum absolute atomic E-state index is 0.173. The number of thiazole rings is 1. The number of aliphatic carboxylic acids is 1. The second-order valence-electron chi connectivity index (χ2n) is 6.29. The van der Waals surface area contributed by atoms with Crippen LogP contribution in [0.4, 0.5) is 5.69 Å². The number of aromatic nitrogens is 4. The number of anilines is 1. The second-order valence-corrected chi connectivity index (χ2v) is 7.26. The summed E-state index contributed by atoms with van der Waals surface area (Å²) in [4.78, 5) is 47.1. The summed E-state index contributed by atoms with van der Waals surface area (Å²) in [5.74, 6) is -1.30. The van der Waals surface area contributed by atoms with Crippen molar-refractivity contribution in [2.45, 2.75) is 0 Å². The quantitative estimate of drug-likeness (QED) is 0.529. The van der Waals surface area contributed by atoms with E-state index in [0.29, 0.717) is 27.6 Å². The topological polar surface area (TPSA) is 118 Å². The molecule has 0 unspecified atom stereocenters. The van der Waals surface area contributed by atoms with Gasteiger partial charge in [-0.2, -0.15) is 9.50 Å². The van der Waals surface area contributed by atoms with Crippen LogP contribution in [0.1, 0.15) is 5.56 Å². The first-order valence-corrected chi connectivity index (χ1v) is 9.33. The molecule has 0 atom stereocenters. The highest BCUT2D eigenvalue weighted by Gasteiger charge is 2.35. The van der Waals surface area contributed by atoms with Gasteiger partial charge in [-0.3, -0.25) is 24.3 Å². The van der Waals surface area contributed by atoms with Crippen LogP contribution in [0.15, 0.2) is 53.6 Å². The van der Waals surface area contributed by atoms with Crippen molar-refractivity contribution in [2.75, 3.05) is 11.4 Å². The van der Waals surface area contributed by atoms with E-state index in [1.165, 1.54) is 0 Å². The van der Waals surface area contributed by atoms with Crippen molar-refractivity contribution in [1.82, 2.24) is 19.6 Å². The molecule has 9 nitrogen and oxygen atoms in total. The van der Waals surface area contributed by atoms with Crippen molar-refractivity contribution in [3.05, 3.63) is 69.2 Å². The van der Waals surface area contributed by atoms with Crippen LogP contribution in [0.2, 0.25) is 0 Å². The third-order valence-electron chi connectivity index (χ3n) is 4.52. The molecule has 1 aromatic carbocycles. The number of hydrogen-bond acceptors (Lipinski definition) is 7. The Labute approximate surface area is 166 Å². The Balaban J connectivity index is 1.73. The van der Waals surface area contributed by atoms with Gasteiger partial charge in [0, 0.05) is 23.5 Å². The molecule has 1 amide bonds. The van der Waals surface area contributed by atoms with E-state index in [0.717, 1.165) is 20.8 Å². The first-order chi connectivity index (χ1) is 14.0. The second kappa shape index (κ2) is 6.31. The van der Waals surface area contributed by atoms with Crippen LogP contribution < -0.4 is 15.0 Å². The number of fused-ring (bicyclic) bond motifs is 2. The molecule has 0 bridgehead atoms. The van der Waals surface area contributed by atoms with Crippen LogP contribution in [0.25, 0.3) is 21.9 Å². The minimum atomic E-state index is -1.14. The van der Waals surface area contributed by atoms with Gasteiger partial charge in [0.1, 0.15) is 11.1 Å². The number of rotatable bonds is 3. The van der Waals surface area contributed by atoms with E-state index < -0.39 is 24.0 Å². The van der Waals surface area contributed by atoms with Gasteiger partial charge in [-0.1, -0.05) is 29.5 Å². The molecule has 1 aliphatic rings. The molecule has 0 saturated carbocycles. The monoisotopic (exact) mass is 405 g/mol. The lowest BCUT2D eigenvalue weighted by molar-refractivity contribution is -0.136. The molecule has 0 saturated heterocycles. The summed E-state index contributed by atoms with van der Waals surface area (Å²) in [6.07, 6.45) is 3.22. The summed E-state index contributed by atoms with van der Waals surface area (Å²) in [5.41, 5.74) is 1.36. The van der Waals surface area contributed by atoms with E-state index in [1.54, 1.807) is 48.8 Å². The zero-order chi connectivity index (χ0) is 20.1. The summed E-state index contributed by atoms with van der Waals surface area (Å²) < 4.78 is 1.34. The number of para-hydroxylation sites is 1. The molecule has 0 radical (unpaired) electrons. The predicted octanol–water partition coefficient (Wildman–Crippen LogP) is 0.562. The van der Waals surface area contributed by atoms with Crippen molar-refractivity contribution >= 4 is 39.4 Å². The number of carboxylic acid groups (broad SMARTS) is 1. The van der Waals surface area contributed by atoms with Crippen LogP contribution in [0.5, 0.6) is 0 Å². The molecule has 29 heavy (non-hydrogen) atoms. The van der Waals surface area contributed by atoms with Gasteiger partial charge in [-0.05, 0) is 18.2 Å². The van der Waals surface area contributed by atoms with E-state index in [1.807, 2.05) is 0 Å². The molecule has 1 N–H and O–H groups in total. The number of amides is 1. The van der Waals surface area contributed by atoms with E-state index in [9.17, 15) is 14.4 Å². The fraction of sp³-hybridized carbons (Fsp3) is 0.0526. The third-order valence-corrected chi connectivity index (χ3v) is 5.55. The molecule has 3 aromatic heterocycles. The maximum atomic E-state index is 13.0. The van der Waals surface area contributed by atoms with Gasteiger partial charge in [-0.25, -0.2) is 0 Å². The molecule has 4 heterocycles. The van der Waals surface area contributed by atoms with Gasteiger partial charge in [-0.15, -0.1) is 5.10 Å². The van der Waals surface area contributed by atoms with Gasteiger partial charge in [0.25, 0.3) is 11.5 Å². The number of carboxylic acids is 1. The summed E-state index contributed by atoms with van der Waals surface area (Å²) in [6, 6.07) is 10.3. The molecular weight excluding hydrogens is 394 g/mol. The normalized spacial score (nSPS) is 15.2. The zero-order valence-electron chi connectivity index (χ0n) is 14.6. The maximum Gasteiger partial charge on any atom is 0.323 e. The standard InChI is InChI=1S/C19H11N5O4S/c25-13(26)9-23-12-6-2-1-5-11(12)14(17(23)27)15-18(28)24-19(29-15)21-16(22-24)10-4-3-7-20-8-10/h1-8H,9H2,(H,25,26)/b15-14-. The SMILES string of the molecule is O=C(O)CN1C(=O)/C(=c2\sc3nc(-c4cccnc4)nn3c2=O)c2ccccc21. The third kappa shape index (κ3) is 2.61.